The van der Waals surface area contributed by atoms with Crippen LogP contribution in [0.1, 0.15) is 36.8 Å². The Morgan fingerprint density at radius 2 is 2.11 bits per heavy atom. The summed E-state index contributed by atoms with van der Waals surface area (Å²) in [6, 6.07) is 3.79. The number of nitrogen functional groups attached to an aromatic ring is 1. The van der Waals surface area contributed by atoms with Gasteiger partial charge >= 0.3 is 0 Å². The molecule has 104 valence electrons. The number of anilines is 2. The minimum absolute atomic E-state index is 0.0260. The van der Waals surface area contributed by atoms with Crippen LogP contribution >= 0.6 is 0 Å². The molecule has 2 rings (SSSR count). The van der Waals surface area contributed by atoms with Crippen LogP contribution in [0.15, 0.2) is 12.1 Å². The largest absolute Gasteiger partial charge is 0.397 e. The van der Waals surface area contributed by atoms with Crippen LogP contribution in [0.4, 0.5) is 11.4 Å². The van der Waals surface area contributed by atoms with Crippen LogP contribution in [0.5, 0.6) is 0 Å². The molecule has 0 heterocycles. The molecule has 0 spiro atoms. The normalized spacial score (nSPS) is 16.8. The zero-order valence-corrected chi connectivity index (χ0v) is 11.9. The first-order valence-electron chi connectivity index (χ1n) is 6.68. The molecule has 0 aliphatic heterocycles. The van der Waals surface area contributed by atoms with Gasteiger partial charge < -0.3 is 15.8 Å². The van der Waals surface area contributed by atoms with E-state index in [1.54, 1.807) is 7.11 Å². The summed E-state index contributed by atoms with van der Waals surface area (Å²) in [5.41, 5.74) is 9.16. The molecule has 3 N–H and O–H groups in total. The molecule has 19 heavy (non-hydrogen) atoms. The van der Waals surface area contributed by atoms with Crippen LogP contribution in [0.3, 0.4) is 0 Å². The number of nitrogens with two attached hydrogens (primary N) is 1. The van der Waals surface area contributed by atoms with Gasteiger partial charge in [-0.05, 0) is 50.3 Å². The van der Waals surface area contributed by atoms with Gasteiger partial charge in [0.05, 0.1) is 23.4 Å². The molecular formula is C15H22N2O2. The van der Waals surface area contributed by atoms with Gasteiger partial charge in [0.1, 0.15) is 0 Å². The lowest BCUT2D eigenvalue weighted by atomic mass is 9.77. The number of methoxy groups -OCH3 is 1. The van der Waals surface area contributed by atoms with Crippen LogP contribution in [0.2, 0.25) is 0 Å². The number of aryl methyl sites for hydroxylation is 1. The van der Waals surface area contributed by atoms with Crippen LogP contribution in [0.25, 0.3) is 0 Å². The summed E-state index contributed by atoms with van der Waals surface area (Å²) in [6.07, 6.45) is 3.45. The van der Waals surface area contributed by atoms with E-state index in [1.165, 1.54) is 0 Å². The highest BCUT2D eigenvalue weighted by molar-refractivity contribution is 5.95. The number of amides is 1. The molecule has 0 saturated heterocycles. The molecule has 4 nitrogen and oxygen atoms in total. The van der Waals surface area contributed by atoms with Gasteiger partial charge in [0.25, 0.3) is 0 Å². The zero-order chi connectivity index (χ0) is 14.0. The van der Waals surface area contributed by atoms with Crippen molar-refractivity contribution in [3.05, 3.63) is 23.3 Å². The Bertz CT molecular complexity index is 488. The third-order valence-electron chi connectivity index (χ3n) is 4.21. The van der Waals surface area contributed by atoms with E-state index in [2.05, 4.69) is 5.32 Å². The standard InChI is InChI=1S/C15H22N2O2/c1-10-5-6-12(16)14(11(10)2)17-13(18)9-15(19-3)7-4-8-15/h5-6H,4,7-9,16H2,1-3H3,(H,17,18). The maximum absolute atomic E-state index is 12.1. The first-order valence-corrected chi connectivity index (χ1v) is 6.68. The fourth-order valence-corrected chi connectivity index (χ4v) is 2.50. The van der Waals surface area contributed by atoms with Crippen molar-refractivity contribution in [1.29, 1.82) is 0 Å². The highest BCUT2D eigenvalue weighted by atomic mass is 16.5. The molecule has 0 bridgehead atoms. The van der Waals surface area contributed by atoms with E-state index in [4.69, 9.17) is 10.5 Å². The van der Waals surface area contributed by atoms with Crippen molar-refractivity contribution in [2.75, 3.05) is 18.2 Å². The fraction of sp³-hybridized carbons (Fsp3) is 0.533. The predicted molar refractivity (Wildman–Crippen MR) is 77.2 cm³/mol. The van der Waals surface area contributed by atoms with Gasteiger partial charge in [-0.3, -0.25) is 4.79 Å². The monoisotopic (exact) mass is 262 g/mol. The number of benzene rings is 1. The van der Waals surface area contributed by atoms with E-state index in [0.29, 0.717) is 12.1 Å². The molecule has 1 amide bonds. The van der Waals surface area contributed by atoms with E-state index in [-0.39, 0.29) is 11.5 Å². The first kappa shape index (κ1) is 13.9. The number of rotatable bonds is 4. The van der Waals surface area contributed by atoms with E-state index < -0.39 is 0 Å². The summed E-state index contributed by atoms with van der Waals surface area (Å²) in [5.74, 6) is -0.0260. The second-order valence-corrected chi connectivity index (χ2v) is 5.44. The summed E-state index contributed by atoms with van der Waals surface area (Å²) in [5, 5.41) is 2.93. The maximum Gasteiger partial charge on any atom is 0.227 e. The van der Waals surface area contributed by atoms with Gasteiger partial charge in [-0.15, -0.1) is 0 Å². The number of carbonyl (C=O) groups excluding carboxylic acids is 1. The Morgan fingerprint density at radius 1 is 1.42 bits per heavy atom. The highest BCUT2D eigenvalue weighted by Crippen LogP contribution is 2.38. The minimum Gasteiger partial charge on any atom is -0.397 e. The number of carbonyl (C=O) groups is 1. The topological polar surface area (TPSA) is 64.3 Å². The lowest BCUT2D eigenvalue weighted by Crippen LogP contribution is -2.42. The van der Waals surface area contributed by atoms with Crippen molar-refractivity contribution < 1.29 is 9.53 Å². The molecule has 1 saturated carbocycles. The summed E-state index contributed by atoms with van der Waals surface area (Å²) in [6.45, 7) is 3.98. The van der Waals surface area contributed by atoms with Gasteiger partial charge in [-0.1, -0.05) is 6.07 Å². The molecule has 1 aromatic carbocycles. The van der Waals surface area contributed by atoms with E-state index in [9.17, 15) is 4.79 Å². The molecule has 0 aromatic heterocycles. The quantitative estimate of drug-likeness (QED) is 0.820. The molecule has 0 unspecified atom stereocenters. The third-order valence-corrected chi connectivity index (χ3v) is 4.21. The molecule has 1 aliphatic carbocycles. The first-order chi connectivity index (χ1) is 8.97. The minimum atomic E-state index is -0.253. The number of ether oxygens (including phenoxy) is 1. The molecule has 1 fully saturated rings. The van der Waals surface area contributed by atoms with Crippen LogP contribution in [-0.2, 0) is 9.53 Å². The number of hydrogen-bond donors (Lipinski definition) is 2. The van der Waals surface area contributed by atoms with E-state index in [0.717, 1.165) is 36.1 Å². The van der Waals surface area contributed by atoms with Crippen molar-refractivity contribution in [3.63, 3.8) is 0 Å². The van der Waals surface area contributed by atoms with Gasteiger partial charge in [0.15, 0.2) is 0 Å². The molecular weight excluding hydrogens is 240 g/mol. The second kappa shape index (κ2) is 5.21. The summed E-state index contributed by atoms with van der Waals surface area (Å²) in [4.78, 5) is 12.1. The van der Waals surface area contributed by atoms with Crippen LogP contribution in [0, 0.1) is 13.8 Å². The smallest absolute Gasteiger partial charge is 0.227 e. The highest BCUT2D eigenvalue weighted by Gasteiger charge is 2.39. The Morgan fingerprint density at radius 3 is 2.63 bits per heavy atom. The molecule has 1 aliphatic rings. The Hall–Kier alpha value is -1.55. The second-order valence-electron chi connectivity index (χ2n) is 5.44. The van der Waals surface area contributed by atoms with Crippen molar-refractivity contribution >= 4 is 17.3 Å². The lowest BCUT2D eigenvalue weighted by Gasteiger charge is -2.40. The summed E-state index contributed by atoms with van der Waals surface area (Å²) >= 11 is 0. The van der Waals surface area contributed by atoms with Crippen LogP contribution in [-0.4, -0.2) is 18.6 Å². The molecule has 0 atom stereocenters. The number of hydrogen-bond acceptors (Lipinski definition) is 3. The van der Waals surface area contributed by atoms with Gasteiger partial charge in [-0.2, -0.15) is 0 Å². The van der Waals surface area contributed by atoms with Crippen molar-refractivity contribution in [2.24, 2.45) is 0 Å². The number of nitrogens with one attached hydrogen (secondary N) is 1. The van der Waals surface area contributed by atoms with Gasteiger partial charge in [0, 0.05) is 7.11 Å². The maximum atomic E-state index is 12.1. The average molecular weight is 262 g/mol. The van der Waals surface area contributed by atoms with E-state index >= 15 is 0 Å². The SMILES string of the molecule is COC1(CC(=O)Nc2c(N)ccc(C)c2C)CCC1. The summed E-state index contributed by atoms with van der Waals surface area (Å²) < 4.78 is 5.47. The van der Waals surface area contributed by atoms with Crippen LogP contribution < -0.4 is 11.1 Å². The van der Waals surface area contributed by atoms with Crippen molar-refractivity contribution in [3.8, 4) is 0 Å². The molecule has 4 heteroatoms. The average Bonchev–Trinajstić information content (AvgIpc) is 2.34. The third kappa shape index (κ3) is 2.73. The fourth-order valence-electron chi connectivity index (χ4n) is 2.50. The van der Waals surface area contributed by atoms with E-state index in [1.807, 2.05) is 26.0 Å². The van der Waals surface area contributed by atoms with Gasteiger partial charge in [-0.25, -0.2) is 0 Å². The molecule has 1 aromatic rings. The zero-order valence-electron chi connectivity index (χ0n) is 11.9. The Balaban J connectivity index is 2.09. The van der Waals surface area contributed by atoms with Gasteiger partial charge in [0.2, 0.25) is 5.91 Å². The van der Waals surface area contributed by atoms with Crippen molar-refractivity contribution in [1.82, 2.24) is 0 Å². The Kier molecular flexibility index (Phi) is 3.80. The summed E-state index contributed by atoms with van der Waals surface area (Å²) in [7, 11) is 1.68. The Labute approximate surface area is 114 Å². The predicted octanol–water partition coefficient (Wildman–Crippen LogP) is 2.78. The van der Waals surface area contributed by atoms with Crippen molar-refractivity contribution in [2.45, 2.75) is 45.1 Å². The molecule has 0 radical (unpaired) electrons. The lowest BCUT2D eigenvalue weighted by molar-refractivity contribution is -0.129.